The zero-order chi connectivity index (χ0) is 13.4. The number of carbonyl (C=O) groups is 1. The molecule has 18 heavy (non-hydrogen) atoms. The Kier molecular flexibility index (Phi) is 6.14. The van der Waals surface area contributed by atoms with Gasteiger partial charge in [-0.1, -0.05) is 6.92 Å². The minimum absolute atomic E-state index is 0.120. The average Bonchev–Trinajstić information content (AvgIpc) is 2.33. The second kappa shape index (κ2) is 7.66. The van der Waals surface area contributed by atoms with Crippen molar-refractivity contribution in [3.8, 4) is 0 Å². The van der Waals surface area contributed by atoms with E-state index in [2.05, 4.69) is 5.32 Å². The van der Waals surface area contributed by atoms with E-state index in [-0.39, 0.29) is 11.6 Å². The quantitative estimate of drug-likeness (QED) is 0.580. The molecule has 0 atom stereocenters. The molecule has 0 spiro atoms. The number of nitrogens with two attached hydrogens (primary N) is 1. The van der Waals surface area contributed by atoms with Gasteiger partial charge in [0.25, 0.3) is 0 Å². The fraction of sp³-hybridized carbons (Fsp3) is 0.462. The van der Waals surface area contributed by atoms with Crippen molar-refractivity contribution < 1.29 is 13.9 Å². The molecule has 0 aromatic heterocycles. The molecule has 0 saturated carbocycles. The van der Waals surface area contributed by atoms with Crippen molar-refractivity contribution in [2.24, 2.45) is 0 Å². The van der Waals surface area contributed by atoms with Gasteiger partial charge in [0.1, 0.15) is 5.82 Å². The zero-order valence-electron chi connectivity index (χ0n) is 10.5. The number of hydrogen-bond acceptors (Lipinski definition) is 3. The first-order chi connectivity index (χ1) is 8.63. The summed E-state index contributed by atoms with van der Waals surface area (Å²) in [5, 5.41) is 2.49. The maximum absolute atomic E-state index is 13.3. The summed E-state index contributed by atoms with van der Waals surface area (Å²) in [6.45, 7) is 3.27. The van der Waals surface area contributed by atoms with Crippen LogP contribution in [0.1, 0.15) is 26.2 Å². The Bertz CT molecular complexity index is 397. The maximum atomic E-state index is 13.3. The predicted molar refractivity (Wildman–Crippen MR) is 69.8 cm³/mol. The van der Waals surface area contributed by atoms with Gasteiger partial charge in [-0.2, -0.15) is 0 Å². The number of hydrogen-bond donors (Lipinski definition) is 2. The van der Waals surface area contributed by atoms with Crippen LogP contribution in [-0.4, -0.2) is 19.1 Å². The molecule has 5 heteroatoms. The number of amides is 1. The Balaban J connectivity index is 2.33. The van der Waals surface area contributed by atoms with Crippen LogP contribution in [0.15, 0.2) is 18.2 Å². The Labute approximate surface area is 106 Å². The zero-order valence-corrected chi connectivity index (χ0v) is 10.5. The van der Waals surface area contributed by atoms with Gasteiger partial charge in [-0.3, -0.25) is 4.79 Å². The van der Waals surface area contributed by atoms with Crippen molar-refractivity contribution >= 4 is 17.3 Å². The van der Waals surface area contributed by atoms with Crippen LogP contribution in [0.5, 0.6) is 0 Å². The summed E-state index contributed by atoms with van der Waals surface area (Å²) in [5.74, 6) is -0.723. The molecule has 0 radical (unpaired) electrons. The van der Waals surface area contributed by atoms with Gasteiger partial charge in [0.05, 0.1) is 5.69 Å². The molecule has 100 valence electrons. The number of ether oxygens (including phenoxy) is 1. The van der Waals surface area contributed by atoms with E-state index in [0.29, 0.717) is 31.7 Å². The average molecular weight is 254 g/mol. The van der Waals surface area contributed by atoms with Crippen LogP contribution in [-0.2, 0) is 9.53 Å². The molecule has 0 unspecified atom stereocenters. The predicted octanol–water partition coefficient (Wildman–Crippen LogP) is 2.55. The Morgan fingerprint density at radius 2 is 2.22 bits per heavy atom. The van der Waals surface area contributed by atoms with Gasteiger partial charge in [0, 0.05) is 25.3 Å². The van der Waals surface area contributed by atoms with Crippen LogP contribution in [0.25, 0.3) is 0 Å². The van der Waals surface area contributed by atoms with Crippen molar-refractivity contribution in [1.29, 1.82) is 0 Å². The molecule has 0 saturated heterocycles. The molecule has 4 nitrogen and oxygen atoms in total. The highest BCUT2D eigenvalue weighted by Crippen LogP contribution is 2.17. The van der Waals surface area contributed by atoms with Gasteiger partial charge < -0.3 is 15.8 Å². The van der Waals surface area contributed by atoms with Crippen molar-refractivity contribution in [1.82, 2.24) is 0 Å². The SMILES string of the molecule is CCCOCCCC(=O)Nc1cc(N)ccc1F. The topological polar surface area (TPSA) is 64.3 Å². The standard InChI is InChI=1S/C13H19FN2O2/c1-2-7-18-8-3-4-13(17)16-12-9-10(15)5-6-11(12)14/h5-6,9H,2-4,7-8,15H2,1H3,(H,16,17). The van der Waals surface area contributed by atoms with Crippen LogP contribution in [0, 0.1) is 5.82 Å². The summed E-state index contributed by atoms with van der Waals surface area (Å²) >= 11 is 0. The van der Waals surface area contributed by atoms with Gasteiger partial charge in [0.15, 0.2) is 0 Å². The van der Waals surface area contributed by atoms with Gasteiger partial charge in [-0.05, 0) is 31.0 Å². The fourth-order valence-corrected chi connectivity index (χ4v) is 1.43. The summed E-state index contributed by atoms with van der Waals surface area (Å²) in [5.41, 5.74) is 6.05. The summed E-state index contributed by atoms with van der Waals surface area (Å²) in [6, 6.07) is 4.08. The summed E-state index contributed by atoms with van der Waals surface area (Å²) < 4.78 is 18.6. The number of halogens is 1. The van der Waals surface area contributed by atoms with Gasteiger partial charge in [-0.15, -0.1) is 0 Å². The normalized spacial score (nSPS) is 10.3. The molecule has 1 aromatic carbocycles. The van der Waals surface area contributed by atoms with Crippen molar-refractivity contribution in [2.45, 2.75) is 26.2 Å². The van der Waals surface area contributed by atoms with Crippen molar-refractivity contribution in [3.05, 3.63) is 24.0 Å². The second-order valence-corrected chi connectivity index (χ2v) is 4.00. The van der Waals surface area contributed by atoms with E-state index in [1.807, 2.05) is 6.92 Å². The molecular weight excluding hydrogens is 235 g/mol. The maximum Gasteiger partial charge on any atom is 0.224 e. The number of carbonyl (C=O) groups excluding carboxylic acids is 1. The molecule has 0 aliphatic carbocycles. The van der Waals surface area contributed by atoms with Crippen LogP contribution < -0.4 is 11.1 Å². The summed E-state index contributed by atoms with van der Waals surface area (Å²) in [6.07, 6.45) is 1.88. The molecule has 0 heterocycles. The van der Waals surface area contributed by atoms with Crippen LogP contribution in [0.4, 0.5) is 15.8 Å². The van der Waals surface area contributed by atoms with E-state index in [0.717, 1.165) is 6.42 Å². The van der Waals surface area contributed by atoms with E-state index in [9.17, 15) is 9.18 Å². The van der Waals surface area contributed by atoms with Gasteiger partial charge >= 0.3 is 0 Å². The highest BCUT2D eigenvalue weighted by Gasteiger charge is 2.07. The molecule has 0 bridgehead atoms. The molecule has 1 amide bonds. The molecule has 0 fully saturated rings. The lowest BCUT2D eigenvalue weighted by Crippen LogP contribution is -2.13. The van der Waals surface area contributed by atoms with Crippen LogP contribution >= 0.6 is 0 Å². The van der Waals surface area contributed by atoms with Gasteiger partial charge in [-0.25, -0.2) is 4.39 Å². The Morgan fingerprint density at radius 1 is 1.44 bits per heavy atom. The van der Waals surface area contributed by atoms with Crippen LogP contribution in [0.3, 0.4) is 0 Å². The lowest BCUT2D eigenvalue weighted by Gasteiger charge is -2.07. The smallest absolute Gasteiger partial charge is 0.224 e. The molecule has 3 N–H and O–H groups in total. The monoisotopic (exact) mass is 254 g/mol. The first-order valence-corrected chi connectivity index (χ1v) is 6.06. The molecule has 1 aromatic rings. The minimum atomic E-state index is -0.486. The van der Waals surface area contributed by atoms with E-state index < -0.39 is 5.82 Å². The third-order valence-corrected chi connectivity index (χ3v) is 2.31. The fourth-order valence-electron chi connectivity index (χ4n) is 1.43. The first kappa shape index (κ1) is 14.4. The number of rotatable bonds is 7. The Hall–Kier alpha value is -1.62. The van der Waals surface area contributed by atoms with E-state index in [4.69, 9.17) is 10.5 Å². The number of nitrogens with one attached hydrogen (secondary N) is 1. The minimum Gasteiger partial charge on any atom is -0.399 e. The summed E-state index contributed by atoms with van der Waals surface area (Å²) in [7, 11) is 0. The molecular formula is C13H19FN2O2. The van der Waals surface area contributed by atoms with E-state index in [1.165, 1.54) is 18.2 Å². The lowest BCUT2D eigenvalue weighted by atomic mass is 10.2. The van der Waals surface area contributed by atoms with E-state index in [1.54, 1.807) is 0 Å². The first-order valence-electron chi connectivity index (χ1n) is 6.06. The Morgan fingerprint density at radius 3 is 2.94 bits per heavy atom. The highest BCUT2D eigenvalue weighted by atomic mass is 19.1. The highest BCUT2D eigenvalue weighted by molar-refractivity contribution is 5.91. The third kappa shape index (κ3) is 5.14. The third-order valence-electron chi connectivity index (χ3n) is 2.31. The lowest BCUT2D eigenvalue weighted by molar-refractivity contribution is -0.116. The van der Waals surface area contributed by atoms with Crippen molar-refractivity contribution in [2.75, 3.05) is 24.3 Å². The van der Waals surface area contributed by atoms with E-state index >= 15 is 0 Å². The molecule has 0 aliphatic rings. The molecule has 1 rings (SSSR count). The van der Waals surface area contributed by atoms with Crippen LogP contribution in [0.2, 0.25) is 0 Å². The molecule has 0 aliphatic heterocycles. The number of anilines is 2. The van der Waals surface area contributed by atoms with Gasteiger partial charge in [0.2, 0.25) is 5.91 Å². The second-order valence-electron chi connectivity index (χ2n) is 4.00. The number of benzene rings is 1. The number of nitrogen functional groups attached to an aromatic ring is 1. The largest absolute Gasteiger partial charge is 0.399 e. The summed E-state index contributed by atoms with van der Waals surface area (Å²) in [4.78, 5) is 11.5. The van der Waals surface area contributed by atoms with Crippen molar-refractivity contribution in [3.63, 3.8) is 0 Å².